The van der Waals surface area contributed by atoms with Gasteiger partial charge in [0.1, 0.15) is 5.75 Å². The molecule has 1 unspecified atom stereocenters. The summed E-state index contributed by atoms with van der Waals surface area (Å²) in [6.45, 7) is 0.930. The molecule has 1 N–H and O–H groups in total. The highest BCUT2D eigenvalue weighted by Crippen LogP contribution is 2.26. The van der Waals surface area contributed by atoms with Gasteiger partial charge in [-0.15, -0.1) is 0 Å². The molecule has 0 aromatic heterocycles. The van der Waals surface area contributed by atoms with Crippen LogP contribution in [0.25, 0.3) is 6.08 Å². The Labute approximate surface area is 167 Å². The number of carbonyl (C=O) groups is 2. The summed E-state index contributed by atoms with van der Waals surface area (Å²) in [4.78, 5) is 36.2. The maximum absolute atomic E-state index is 12.3. The van der Waals surface area contributed by atoms with Crippen LogP contribution in [0.2, 0.25) is 0 Å². The largest absolute Gasteiger partial charge is 0.497 e. The van der Waals surface area contributed by atoms with E-state index in [9.17, 15) is 19.7 Å². The molecule has 1 aliphatic rings. The molecule has 1 atom stereocenters. The first kappa shape index (κ1) is 20.1. The predicted molar refractivity (Wildman–Crippen MR) is 109 cm³/mol. The molecule has 0 radical (unpaired) electrons. The second-order valence-corrected chi connectivity index (χ2v) is 6.70. The predicted octanol–water partition coefficient (Wildman–Crippen LogP) is 2.79. The molecule has 0 saturated carbocycles. The number of nitrogens with zero attached hydrogens (tertiary/aromatic N) is 2. The van der Waals surface area contributed by atoms with Gasteiger partial charge in [0, 0.05) is 49.3 Å². The first-order valence-corrected chi connectivity index (χ1v) is 9.11. The Balaban J connectivity index is 1.50. The van der Waals surface area contributed by atoms with Gasteiger partial charge in [-0.2, -0.15) is 0 Å². The molecule has 1 saturated heterocycles. The number of hydrogen-bond donors (Lipinski definition) is 1. The molecule has 8 heteroatoms. The normalized spacial score (nSPS) is 16.2. The number of rotatable bonds is 7. The fraction of sp³-hybridized carbons (Fsp3) is 0.238. The number of benzene rings is 2. The third-order valence-corrected chi connectivity index (χ3v) is 4.69. The Bertz CT molecular complexity index is 922. The second-order valence-electron chi connectivity index (χ2n) is 6.70. The van der Waals surface area contributed by atoms with Gasteiger partial charge in [0.05, 0.1) is 12.0 Å². The molecule has 0 spiro atoms. The summed E-state index contributed by atoms with van der Waals surface area (Å²) in [5.41, 5.74) is 1.49. The van der Waals surface area contributed by atoms with E-state index in [4.69, 9.17) is 4.74 Å². The fourth-order valence-electron chi connectivity index (χ4n) is 3.11. The minimum Gasteiger partial charge on any atom is -0.497 e. The van der Waals surface area contributed by atoms with E-state index < -0.39 is 4.92 Å². The van der Waals surface area contributed by atoms with Crippen LogP contribution in [0.5, 0.6) is 5.75 Å². The van der Waals surface area contributed by atoms with Crippen LogP contribution in [0.1, 0.15) is 12.0 Å². The van der Waals surface area contributed by atoms with Crippen LogP contribution in [0.4, 0.5) is 11.4 Å². The number of amides is 2. The third-order valence-electron chi connectivity index (χ3n) is 4.69. The zero-order chi connectivity index (χ0) is 20.8. The Morgan fingerprint density at radius 3 is 2.55 bits per heavy atom. The number of non-ortho nitro benzene ring substituents is 1. The van der Waals surface area contributed by atoms with Gasteiger partial charge < -0.3 is 15.0 Å². The van der Waals surface area contributed by atoms with E-state index in [2.05, 4.69) is 5.32 Å². The highest BCUT2D eigenvalue weighted by molar-refractivity contribution is 5.96. The van der Waals surface area contributed by atoms with Crippen molar-refractivity contribution in [3.8, 4) is 5.75 Å². The number of ether oxygens (including phenoxy) is 1. The molecule has 1 heterocycles. The van der Waals surface area contributed by atoms with Gasteiger partial charge in [-0.1, -0.05) is 0 Å². The molecule has 8 nitrogen and oxygen atoms in total. The molecule has 2 amide bonds. The monoisotopic (exact) mass is 395 g/mol. The maximum atomic E-state index is 12.3. The molecule has 0 aliphatic carbocycles. The summed E-state index contributed by atoms with van der Waals surface area (Å²) in [7, 11) is 1.59. The first-order chi connectivity index (χ1) is 14.0. The van der Waals surface area contributed by atoms with Gasteiger partial charge in [0.25, 0.3) is 5.69 Å². The van der Waals surface area contributed by atoms with E-state index >= 15 is 0 Å². The van der Waals surface area contributed by atoms with E-state index in [1.165, 1.54) is 18.2 Å². The van der Waals surface area contributed by atoms with Crippen molar-refractivity contribution >= 4 is 29.3 Å². The van der Waals surface area contributed by atoms with Gasteiger partial charge in [-0.3, -0.25) is 19.7 Å². The Hall–Kier alpha value is -3.68. The summed E-state index contributed by atoms with van der Waals surface area (Å²) >= 11 is 0. The number of hydrogen-bond acceptors (Lipinski definition) is 5. The van der Waals surface area contributed by atoms with Gasteiger partial charge >= 0.3 is 0 Å². The zero-order valence-electron chi connectivity index (χ0n) is 15.9. The maximum Gasteiger partial charge on any atom is 0.269 e. The molecule has 3 rings (SSSR count). The standard InChI is InChI=1S/C21H21N3O5/c1-29-19-9-7-17(8-10-19)23-14-16(12-21(23)26)13-22-20(25)11-4-15-2-5-18(6-3-15)24(27)28/h2-11,16H,12-14H2,1H3,(H,22,25)/b11-4-. The van der Waals surface area contributed by atoms with Crippen LogP contribution in [0, 0.1) is 16.0 Å². The van der Waals surface area contributed by atoms with Crippen molar-refractivity contribution in [3.63, 3.8) is 0 Å². The van der Waals surface area contributed by atoms with Crippen molar-refractivity contribution < 1.29 is 19.2 Å². The van der Waals surface area contributed by atoms with E-state index in [-0.39, 0.29) is 23.4 Å². The minimum absolute atomic E-state index is 0.00100. The average molecular weight is 395 g/mol. The van der Waals surface area contributed by atoms with Crippen molar-refractivity contribution in [1.29, 1.82) is 0 Å². The minimum atomic E-state index is -0.474. The van der Waals surface area contributed by atoms with Crippen LogP contribution < -0.4 is 15.0 Å². The lowest BCUT2D eigenvalue weighted by Gasteiger charge is -2.17. The number of nitro benzene ring substituents is 1. The third kappa shape index (κ3) is 5.19. The molecular formula is C21H21N3O5. The molecule has 2 aromatic rings. The van der Waals surface area contributed by atoms with Crippen molar-refractivity contribution in [1.82, 2.24) is 5.32 Å². The Morgan fingerprint density at radius 1 is 1.24 bits per heavy atom. The molecule has 2 aromatic carbocycles. The molecule has 1 aliphatic heterocycles. The number of carbonyl (C=O) groups excluding carboxylic acids is 2. The van der Waals surface area contributed by atoms with E-state index in [1.807, 2.05) is 12.1 Å². The highest BCUT2D eigenvalue weighted by Gasteiger charge is 2.30. The zero-order valence-corrected chi connectivity index (χ0v) is 15.9. The summed E-state index contributed by atoms with van der Waals surface area (Å²) in [6, 6.07) is 13.2. The van der Waals surface area contributed by atoms with Crippen LogP contribution in [-0.2, 0) is 9.59 Å². The molecule has 29 heavy (non-hydrogen) atoms. The van der Waals surface area contributed by atoms with E-state index in [0.29, 0.717) is 25.1 Å². The summed E-state index contributed by atoms with van der Waals surface area (Å²) in [6.07, 6.45) is 3.33. The lowest BCUT2D eigenvalue weighted by atomic mass is 10.1. The summed E-state index contributed by atoms with van der Waals surface area (Å²) in [5, 5.41) is 13.4. The van der Waals surface area contributed by atoms with Crippen LogP contribution in [-0.4, -0.2) is 36.9 Å². The quantitative estimate of drug-likeness (QED) is 0.441. The molecule has 0 bridgehead atoms. The first-order valence-electron chi connectivity index (χ1n) is 9.11. The van der Waals surface area contributed by atoms with Gasteiger partial charge in [-0.25, -0.2) is 0 Å². The average Bonchev–Trinajstić information content (AvgIpc) is 3.11. The molecule has 150 valence electrons. The molecule has 1 fully saturated rings. The van der Waals surface area contributed by atoms with E-state index in [1.54, 1.807) is 42.4 Å². The molecular weight excluding hydrogens is 374 g/mol. The SMILES string of the molecule is COc1ccc(N2CC(CNC(=O)/C=C\c3ccc([N+](=O)[O-])cc3)CC2=O)cc1. The Morgan fingerprint density at radius 2 is 1.93 bits per heavy atom. The summed E-state index contributed by atoms with van der Waals surface area (Å²) < 4.78 is 5.13. The second kappa shape index (κ2) is 9.01. The number of methoxy groups -OCH3 is 1. The lowest BCUT2D eigenvalue weighted by Crippen LogP contribution is -2.30. The van der Waals surface area contributed by atoms with Gasteiger partial charge in [0.2, 0.25) is 11.8 Å². The van der Waals surface area contributed by atoms with Crippen molar-refractivity contribution in [2.75, 3.05) is 25.1 Å². The number of anilines is 1. The van der Waals surface area contributed by atoms with Crippen molar-refractivity contribution in [2.24, 2.45) is 5.92 Å². The number of nitrogens with one attached hydrogen (secondary N) is 1. The number of nitro groups is 1. The van der Waals surface area contributed by atoms with Gasteiger partial charge in [-0.05, 0) is 48.0 Å². The van der Waals surface area contributed by atoms with Crippen LogP contribution in [0.3, 0.4) is 0 Å². The summed E-state index contributed by atoms with van der Waals surface area (Å²) in [5.74, 6) is 0.500. The van der Waals surface area contributed by atoms with E-state index in [0.717, 1.165) is 11.4 Å². The van der Waals surface area contributed by atoms with Crippen molar-refractivity contribution in [3.05, 3.63) is 70.3 Å². The van der Waals surface area contributed by atoms with Gasteiger partial charge in [0.15, 0.2) is 0 Å². The smallest absolute Gasteiger partial charge is 0.269 e. The van der Waals surface area contributed by atoms with Crippen LogP contribution in [0.15, 0.2) is 54.6 Å². The highest BCUT2D eigenvalue weighted by atomic mass is 16.6. The lowest BCUT2D eigenvalue weighted by molar-refractivity contribution is -0.384. The topological polar surface area (TPSA) is 102 Å². The Kier molecular flexibility index (Phi) is 6.23. The fourth-order valence-corrected chi connectivity index (χ4v) is 3.11. The van der Waals surface area contributed by atoms with Crippen LogP contribution >= 0.6 is 0 Å². The van der Waals surface area contributed by atoms with Crippen molar-refractivity contribution in [2.45, 2.75) is 6.42 Å².